The first-order valence-corrected chi connectivity index (χ1v) is 9.86. The Labute approximate surface area is 154 Å². The number of benzene rings is 2. The van der Waals surface area contributed by atoms with Crippen LogP contribution in [0, 0.1) is 0 Å². The summed E-state index contributed by atoms with van der Waals surface area (Å²) in [4.78, 5) is 15.2. The van der Waals surface area contributed by atoms with Crippen LogP contribution in [0.5, 0.6) is 0 Å². The molecule has 0 spiro atoms. The number of anilines is 1. The Balaban J connectivity index is 2.02. The maximum Gasteiger partial charge on any atom is 0.211 e. The van der Waals surface area contributed by atoms with Gasteiger partial charge >= 0.3 is 0 Å². The predicted octanol–water partition coefficient (Wildman–Crippen LogP) is 5.83. The van der Waals surface area contributed by atoms with Gasteiger partial charge in [-0.25, -0.2) is 0 Å². The van der Waals surface area contributed by atoms with E-state index in [2.05, 4.69) is 39.9 Å². The standard InChI is InChI=1S/C20H20BrNOS/c1-2-3-11-22(13-15-7-5-4-6-8-15)18-14-24-19-10-9-16(21)12-17(19)20(18)23/h4-10,12,14H,2-3,11,13H2,1H3. The van der Waals surface area contributed by atoms with Gasteiger partial charge in [0.25, 0.3) is 0 Å². The van der Waals surface area contributed by atoms with E-state index in [0.29, 0.717) is 0 Å². The Bertz CT molecular complexity index is 876. The highest BCUT2D eigenvalue weighted by molar-refractivity contribution is 9.10. The van der Waals surface area contributed by atoms with Gasteiger partial charge in [-0.3, -0.25) is 4.79 Å². The van der Waals surface area contributed by atoms with Crippen molar-refractivity contribution < 1.29 is 0 Å². The predicted molar refractivity (Wildman–Crippen MR) is 108 cm³/mol. The second kappa shape index (κ2) is 7.95. The highest BCUT2D eigenvalue weighted by atomic mass is 79.9. The highest BCUT2D eigenvalue weighted by Gasteiger charge is 2.13. The van der Waals surface area contributed by atoms with E-state index in [-0.39, 0.29) is 5.43 Å². The first-order valence-electron chi connectivity index (χ1n) is 8.19. The van der Waals surface area contributed by atoms with E-state index in [9.17, 15) is 4.79 Å². The minimum atomic E-state index is 0.122. The van der Waals surface area contributed by atoms with Gasteiger partial charge in [-0.15, -0.1) is 11.3 Å². The van der Waals surface area contributed by atoms with Crippen molar-refractivity contribution in [3.8, 4) is 0 Å². The van der Waals surface area contributed by atoms with Crippen LogP contribution >= 0.6 is 27.3 Å². The third-order valence-electron chi connectivity index (χ3n) is 4.05. The zero-order chi connectivity index (χ0) is 16.9. The summed E-state index contributed by atoms with van der Waals surface area (Å²) in [7, 11) is 0. The van der Waals surface area contributed by atoms with Gasteiger partial charge in [0, 0.05) is 33.0 Å². The van der Waals surface area contributed by atoms with E-state index >= 15 is 0 Å². The number of hydrogen-bond acceptors (Lipinski definition) is 3. The molecule has 0 saturated carbocycles. The number of rotatable bonds is 6. The lowest BCUT2D eigenvalue weighted by Gasteiger charge is -2.24. The van der Waals surface area contributed by atoms with Gasteiger partial charge in [0.05, 0.1) is 5.69 Å². The van der Waals surface area contributed by atoms with Crippen molar-refractivity contribution >= 4 is 43.0 Å². The molecule has 124 valence electrons. The van der Waals surface area contributed by atoms with Crippen molar-refractivity contribution in [1.82, 2.24) is 0 Å². The van der Waals surface area contributed by atoms with E-state index in [1.165, 1.54) is 5.56 Å². The molecule has 0 fully saturated rings. The van der Waals surface area contributed by atoms with Crippen molar-refractivity contribution in [2.45, 2.75) is 26.3 Å². The van der Waals surface area contributed by atoms with Crippen molar-refractivity contribution in [3.05, 3.63) is 74.2 Å². The van der Waals surface area contributed by atoms with Crippen LogP contribution in [0.1, 0.15) is 25.3 Å². The molecule has 3 rings (SSSR count). The highest BCUT2D eigenvalue weighted by Crippen LogP contribution is 2.25. The lowest BCUT2D eigenvalue weighted by Crippen LogP contribution is -2.28. The molecule has 0 radical (unpaired) electrons. The van der Waals surface area contributed by atoms with E-state index in [0.717, 1.165) is 46.2 Å². The van der Waals surface area contributed by atoms with E-state index in [1.54, 1.807) is 11.3 Å². The second-order valence-electron chi connectivity index (χ2n) is 5.85. The average Bonchev–Trinajstić information content (AvgIpc) is 2.60. The molecule has 0 saturated heterocycles. The summed E-state index contributed by atoms with van der Waals surface area (Å²) < 4.78 is 1.97. The molecule has 24 heavy (non-hydrogen) atoms. The lowest BCUT2D eigenvalue weighted by molar-refractivity contribution is 0.715. The van der Waals surface area contributed by atoms with Gasteiger partial charge in [0.15, 0.2) is 0 Å². The molecule has 0 amide bonds. The van der Waals surface area contributed by atoms with Gasteiger partial charge in [-0.2, -0.15) is 0 Å². The van der Waals surface area contributed by atoms with Crippen LogP contribution < -0.4 is 10.3 Å². The molecule has 2 aromatic carbocycles. The fourth-order valence-electron chi connectivity index (χ4n) is 2.75. The first-order chi connectivity index (χ1) is 11.7. The van der Waals surface area contributed by atoms with Crippen molar-refractivity contribution in [3.63, 3.8) is 0 Å². The molecule has 0 aliphatic rings. The van der Waals surface area contributed by atoms with Crippen LogP contribution in [0.2, 0.25) is 0 Å². The van der Waals surface area contributed by atoms with Crippen LogP contribution in [0.25, 0.3) is 10.1 Å². The van der Waals surface area contributed by atoms with Gasteiger partial charge in [0.1, 0.15) is 0 Å². The average molecular weight is 402 g/mol. The molecule has 2 nitrogen and oxygen atoms in total. The monoisotopic (exact) mass is 401 g/mol. The normalized spacial score (nSPS) is 10.9. The topological polar surface area (TPSA) is 20.3 Å². The van der Waals surface area contributed by atoms with Crippen LogP contribution in [0.15, 0.2) is 63.2 Å². The maximum atomic E-state index is 13.0. The fourth-order valence-corrected chi connectivity index (χ4v) is 4.03. The molecule has 1 heterocycles. The molecule has 0 aliphatic carbocycles. The Morgan fingerprint density at radius 1 is 1.12 bits per heavy atom. The molecular formula is C20H20BrNOS. The Hall–Kier alpha value is -1.65. The summed E-state index contributed by atoms with van der Waals surface area (Å²) in [5, 5.41) is 2.80. The molecule has 3 aromatic rings. The van der Waals surface area contributed by atoms with Crippen LogP contribution in [0.4, 0.5) is 5.69 Å². The molecule has 0 unspecified atom stereocenters. The van der Waals surface area contributed by atoms with E-state index in [4.69, 9.17) is 0 Å². The number of nitrogens with zero attached hydrogens (tertiary/aromatic N) is 1. The van der Waals surface area contributed by atoms with Crippen molar-refractivity contribution in [2.75, 3.05) is 11.4 Å². The number of fused-ring (bicyclic) bond motifs is 1. The first kappa shape index (κ1) is 17.2. The Kier molecular flexibility index (Phi) is 5.69. The SMILES string of the molecule is CCCCN(Cc1ccccc1)c1csc2ccc(Br)cc2c1=O. The third-order valence-corrected chi connectivity index (χ3v) is 5.50. The van der Waals surface area contributed by atoms with Crippen molar-refractivity contribution in [1.29, 1.82) is 0 Å². The molecule has 4 heteroatoms. The van der Waals surface area contributed by atoms with E-state index < -0.39 is 0 Å². The van der Waals surface area contributed by atoms with E-state index in [1.807, 2.05) is 41.8 Å². The van der Waals surface area contributed by atoms with Gasteiger partial charge in [0.2, 0.25) is 5.43 Å². The lowest BCUT2D eigenvalue weighted by atomic mass is 10.1. The smallest absolute Gasteiger partial charge is 0.211 e. The zero-order valence-electron chi connectivity index (χ0n) is 13.7. The van der Waals surface area contributed by atoms with Crippen molar-refractivity contribution in [2.24, 2.45) is 0 Å². The molecule has 0 aliphatic heterocycles. The molecule has 0 bridgehead atoms. The summed E-state index contributed by atoms with van der Waals surface area (Å²) in [5.41, 5.74) is 2.16. The summed E-state index contributed by atoms with van der Waals surface area (Å²) in [6.07, 6.45) is 2.19. The fraction of sp³-hybridized carbons (Fsp3) is 0.250. The minimum Gasteiger partial charge on any atom is -0.363 e. The number of hydrogen-bond donors (Lipinski definition) is 0. The molecule has 0 atom stereocenters. The summed E-state index contributed by atoms with van der Waals surface area (Å²) >= 11 is 5.11. The van der Waals surface area contributed by atoms with Crippen LogP contribution in [0.3, 0.4) is 0 Å². The van der Waals surface area contributed by atoms with Crippen LogP contribution in [-0.2, 0) is 6.54 Å². The Morgan fingerprint density at radius 3 is 2.67 bits per heavy atom. The largest absolute Gasteiger partial charge is 0.363 e. The summed E-state index contributed by atoms with van der Waals surface area (Å²) in [5.74, 6) is 0. The quantitative estimate of drug-likeness (QED) is 0.517. The van der Waals surface area contributed by atoms with Gasteiger partial charge in [-0.1, -0.05) is 59.6 Å². The molecular weight excluding hydrogens is 382 g/mol. The maximum absolute atomic E-state index is 13.0. The Morgan fingerprint density at radius 2 is 1.92 bits per heavy atom. The second-order valence-corrected chi connectivity index (χ2v) is 7.68. The zero-order valence-corrected chi connectivity index (χ0v) is 16.1. The minimum absolute atomic E-state index is 0.122. The summed E-state index contributed by atoms with van der Waals surface area (Å²) in [6.45, 7) is 3.84. The molecule has 0 N–H and O–H groups in total. The summed E-state index contributed by atoms with van der Waals surface area (Å²) in [6, 6.07) is 16.3. The van der Waals surface area contributed by atoms with Crippen LogP contribution in [-0.4, -0.2) is 6.54 Å². The van der Waals surface area contributed by atoms with Gasteiger partial charge < -0.3 is 4.90 Å². The number of unbranched alkanes of at least 4 members (excludes halogenated alkanes) is 1. The molecule has 1 aromatic heterocycles. The number of halogens is 1. The van der Waals surface area contributed by atoms with Gasteiger partial charge in [-0.05, 0) is 30.2 Å². The third kappa shape index (κ3) is 3.87.